The van der Waals surface area contributed by atoms with Crippen molar-refractivity contribution >= 4 is 11.3 Å². The van der Waals surface area contributed by atoms with Crippen LogP contribution in [-0.4, -0.2) is 25.0 Å². The molecule has 3 heteroatoms. The van der Waals surface area contributed by atoms with Crippen molar-refractivity contribution in [3.63, 3.8) is 0 Å². The smallest absolute Gasteiger partial charge is 0.0561 e. The predicted octanol–water partition coefficient (Wildman–Crippen LogP) is 3.26. The second kappa shape index (κ2) is 6.53. The Morgan fingerprint density at radius 3 is 2.76 bits per heavy atom. The normalized spacial score (nSPS) is 19.7. The summed E-state index contributed by atoms with van der Waals surface area (Å²) in [7, 11) is 2.23. The Kier molecular flexibility index (Phi) is 5.01. The van der Waals surface area contributed by atoms with Gasteiger partial charge < -0.3 is 5.73 Å². The van der Waals surface area contributed by atoms with Crippen molar-refractivity contribution < 1.29 is 0 Å². The Morgan fingerprint density at radius 1 is 1.41 bits per heavy atom. The quantitative estimate of drug-likeness (QED) is 0.871. The Bertz CT molecular complexity index is 304. The SMILES string of the molecule is CN(CC1CCCCC1)C(CN)c1cccs1. The van der Waals surface area contributed by atoms with Gasteiger partial charge in [0.25, 0.3) is 0 Å². The van der Waals surface area contributed by atoms with Crippen LogP contribution >= 0.6 is 11.3 Å². The van der Waals surface area contributed by atoms with Crippen LogP contribution in [0.1, 0.15) is 43.0 Å². The Labute approximate surface area is 109 Å². The molecule has 2 nitrogen and oxygen atoms in total. The van der Waals surface area contributed by atoms with Crippen molar-refractivity contribution in [3.8, 4) is 0 Å². The van der Waals surface area contributed by atoms with E-state index in [0.717, 1.165) is 12.5 Å². The largest absolute Gasteiger partial charge is 0.329 e. The van der Waals surface area contributed by atoms with Gasteiger partial charge in [-0.15, -0.1) is 11.3 Å². The summed E-state index contributed by atoms with van der Waals surface area (Å²) < 4.78 is 0. The molecular weight excluding hydrogens is 228 g/mol. The van der Waals surface area contributed by atoms with Crippen LogP contribution in [0.3, 0.4) is 0 Å². The molecule has 1 aromatic rings. The van der Waals surface area contributed by atoms with Crippen LogP contribution in [0.25, 0.3) is 0 Å². The van der Waals surface area contributed by atoms with E-state index < -0.39 is 0 Å². The second-order valence-electron chi connectivity index (χ2n) is 5.21. The number of hydrogen-bond donors (Lipinski definition) is 1. The summed E-state index contributed by atoms with van der Waals surface area (Å²) in [6.45, 7) is 1.93. The molecule has 1 aromatic heterocycles. The first kappa shape index (κ1) is 13.1. The number of hydrogen-bond acceptors (Lipinski definition) is 3. The number of nitrogens with two attached hydrogens (primary N) is 1. The zero-order valence-electron chi connectivity index (χ0n) is 10.8. The molecule has 17 heavy (non-hydrogen) atoms. The molecule has 1 atom stereocenters. The van der Waals surface area contributed by atoms with Gasteiger partial charge in [-0.2, -0.15) is 0 Å². The maximum Gasteiger partial charge on any atom is 0.0561 e. The van der Waals surface area contributed by atoms with Crippen LogP contribution in [0, 0.1) is 5.92 Å². The van der Waals surface area contributed by atoms with Gasteiger partial charge in [0.15, 0.2) is 0 Å². The first-order chi connectivity index (χ1) is 8.31. The van der Waals surface area contributed by atoms with E-state index in [-0.39, 0.29) is 0 Å². The summed E-state index contributed by atoms with van der Waals surface area (Å²) >= 11 is 1.82. The van der Waals surface area contributed by atoms with E-state index in [9.17, 15) is 0 Å². The molecule has 0 aromatic carbocycles. The third-order valence-corrected chi connectivity index (χ3v) is 4.87. The third-order valence-electron chi connectivity index (χ3n) is 3.90. The lowest BCUT2D eigenvalue weighted by atomic mass is 9.88. The average Bonchev–Trinajstić information content (AvgIpc) is 2.85. The molecule has 0 saturated heterocycles. The standard InChI is InChI=1S/C14H24N2S/c1-16(11-12-6-3-2-4-7-12)13(10-15)14-8-5-9-17-14/h5,8-9,12-13H,2-4,6-7,10-11,15H2,1H3. The first-order valence-electron chi connectivity index (χ1n) is 6.75. The van der Waals surface area contributed by atoms with Gasteiger partial charge >= 0.3 is 0 Å². The van der Waals surface area contributed by atoms with Gasteiger partial charge in [-0.25, -0.2) is 0 Å². The number of rotatable bonds is 5. The lowest BCUT2D eigenvalue weighted by Crippen LogP contribution is -2.34. The van der Waals surface area contributed by atoms with Gasteiger partial charge in [0.2, 0.25) is 0 Å². The van der Waals surface area contributed by atoms with Crippen LogP contribution in [0.4, 0.5) is 0 Å². The summed E-state index contributed by atoms with van der Waals surface area (Å²) in [4.78, 5) is 3.87. The maximum atomic E-state index is 5.94. The lowest BCUT2D eigenvalue weighted by Gasteiger charge is -2.31. The van der Waals surface area contributed by atoms with Gasteiger partial charge in [0.05, 0.1) is 6.04 Å². The minimum absolute atomic E-state index is 0.414. The molecule has 1 saturated carbocycles. The number of thiophene rings is 1. The highest BCUT2D eigenvalue weighted by atomic mass is 32.1. The summed E-state index contributed by atoms with van der Waals surface area (Å²) in [5.74, 6) is 0.891. The molecule has 1 aliphatic carbocycles. The molecule has 0 radical (unpaired) electrons. The second-order valence-corrected chi connectivity index (χ2v) is 6.19. The average molecular weight is 252 g/mol. The van der Waals surface area contributed by atoms with Crippen molar-refractivity contribution in [2.24, 2.45) is 11.7 Å². The molecule has 1 unspecified atom stereocenters. The zero-order valence-corrected chi connectivity index (χ0v) is 11.6. The monoisotopic (exact) mass is 252 g/mol. The number of likely N-dealkylation sites (N-methyl/N-ethyl adjacent to an activating group) is 1. The van der Waals surface area contributed by atoms with E-state index in [1.807, 2.05) is 11.3 Å². The molecule has 1 aliphatic rings. The molecule has 0 amide bonds. The highest BCUT2D eigenvalue weighted by Crippen LogP contribution is 2.28. The van der Waals surface area contributed by atoms with Crippen LogP contribution in [0.15, 0.2) is 17.5 Å². The lowest BCUT2D eigenvalue weighted by molar-refractivity contribution is 0.188. The Balaban J connectivity index is 1.90. The molecule has 2 rings (SSSR count). The maximum absolute atomic E-state index is 5.94. The van der Waals surface area contributed by atoms with E-state index >= 15 is 0 Å². The first-order valence-corrected chi connectivity index (χ1v) is 7.63. The fraction of sp³-hybridized carbons (Fsp3) is 0.714. The van der Waals surface area contributed by atoms with E-state index in [0.29, 0.717) is 6.04 Å². The van der Waals surface area contributed by atoms with Gasteiger partial charge in [-0.3, -0.25) is 4.90 Å². The molecule has 96 valence electrons. The summed E-state index contributed by atoms with van der Waals surface area (Å²) in [6, 6.07) is 4.74. The summed E-state index contributed by atoms with van der Waals surface area (Å²) in [5.41, 5.74) is 5.94. The fourth-order valence-electron chi connectivity index (χ4n) is 2.90. The Hall–Kier alpha value is -0.380. The highest BCUT2D eigenvalue weighted by molar-refractivity contribution is 7.10. The van der Waals surface area contributed by atoms with Crippen LogP contribution in [0.2, 0.25) is 0 Å². The van der Waals surface area contributed by atoms with Crippen molar-refractivity contribution in [1.82, 2.24) is 4.90 Å². The van der Waals surface area contributed by atoms with Gasteiger partial charge in [-0.05, 0) is 37.3 Å². The van der Waals surface area contributed by atoms with E-state index in [1.54, 1.807) is 0 Å². The van der Waals surface area contributed by atoms with Crippen molar-refractivity contribution in [2.45, 2.75) is 38.1 Å². The van der Waals surface area contributed by atoms with Crippen molar-refractivity contribution in [3.05, 3.63) is 22.4 Å². The molecule has 0 bridgehead atoms. The Morgan fingerprint density at radius 2 is 2.18 bits per heavy atom. The number of nitrogens with zero attached hydrogens (tertiary/aromatic N) is 1. The minimum Gasteiger partial charge on any atom is -0.329 e. The van der Waals surface area contributed by atoms with Gasteiger partial charge in [0, 0.05) is 18.0 Å². The highest BCUT2D eigenvalue weighted by Gasteiger charge is 2.21. The van der Waals surface area contributed by atoms with Gasteiger partial charge in [0.1, 0.15) is 0 Å². The molecule has 2 N–H and O–H groups in total. The summed E-state index contributed by atoms with van der Waals surface area (Å²) in [5, 5.41) is 2.15. The van der Waals surface area contributed by atoms with Crippen LogP contribution < -0.4 is 5.73 Å². The molecular formula is C14H24N2S. The minimum atomic E-state index is 0.414. The summed E-state index contributed by atoms with van der Waals surface area (Å²) in [6.07, 6.45) is 7.10. The van der Waals surface area contributed by atoms with Gasteiger partial charge in [-0.1, -0.05) is 25.3 Å². The topological polar surface area (TPSA) is 29.3 Å². The van der Waals surface area contributed by atoms with Crippen molar-refractivity contribution in [1.29, 1.82) is 0 Å². The van der Waals surface area contributed by atoms with Crippen LogP contribution in [-0.2, 0) is 0 Å². The van der Waals surface area contributed by atoms with E-state index in [4.69, 9.17) is 5.73 Å². The molecule has 1 heterocycles. The molecule has 0 aliphatic heterocycles. The molecule has 1 fully saturated rings. The van der Waals surface area contributed by atoms with Crippen molar-refractivity contribution in [2.75, 3.05) is 20.1 Å². The zero-order chi connectivity index (χ0) is 12.1. The molecule has 0 spiro atoms. The predicted molar refractivity (Wildman–Crippen MR) is 75.3 cm³/mol. The fourth-order valence-corrected chi connectivity index (χ4v) is 3.80. The van der Waals surface area contributed by atoms with E-state index in [1.165, 1.54) is 43.5 Å². The van der Waals surface area contributed by atoms with E-state index in [2.05, 4.69) is 29.5 Å². The van der Waals surface area contributed by atoms with Crippen LogP contribution in [0.5, 0.6) is 0 Å². The third kappa shape index (κ3) is 3.54.